The van der Waals surface area contributed by atoms with Gasteiger partial charge in [0.05, 0.1) is 0 Å². The number of hydrogen-bond acceptors (Lipinski definition) is 2. The van der Waals surface area contributed by atoms with Crippen LogP contribution in [0.3, 0.4) is 0 Å². The Balaban J connectivity index is 2.20. The van der Waals surface area contributed by atoms with Crippen molar-refractivity contribution >= 4 is 21.6 Å². The highest BCUT2D eigenvalue weighted by molar-refractivity contribution is 9.10. The summed E-state index contributed by atoms with van der Waals surface area (Å²) in [6, 6.07) is 12.3. The van der Waals surface area contributed by atoms with Crippen LogP contribution in [0.25, 0.3) is 11.1 Å². The van der Waals surface area contributed by atoms with Gasteiger partial charge in [0.2, 0.25) is 0 Å². The molecule has 0 fully saturated rings. The second kappa shape index (κ2) is 4.11. The summed E-state index contributed by atoms with van der Waals surface area (Å²) in [5.41, 5.74) is 5.35. The zero-order valence-electron chi connectivity index (χ0n) is 10.3. The second-order valence-corrected chi connectivity index (χ2v) is 5.72. The predicted octanol–water partition coefficient (Wildman–Crippen LogP) is 3.58. The van der Waals surface area contributed by atoms with Crippen molar-refractivity contribution < 1.29 is 5.11 Å². The van der Waals surface area contributed by atoms with Gasteiger partial charge in [0, 0.05) is 24.3 Å². The summed E-state index contributed by atoms with van der Waals surface area (Å²) in [4.78, 5) is 2.05. The van der Waals surface area contributed by atoms with E-state index in [0.29, 0.717) is 0 Å². The molecule has 0 bridgehead atoms. The standard InChI is InChI=1S/C15H14BrNO/c1-17(2)10-4-6-12-11-5-3-9(16)7-13(11)15(18)14(12)8-10/h3-8,15,18H,1-2H3. The number of hydrogen-bond donors (Lipinski definition) is 1. The lowest BCUT2D eigenvalue weighted by molar-refractivity contribution is 0.225. The molecule has 18 heavy (non-hydrogen) atoms. The van der Waals surface area contributed by atoms with Crippen LogP contribution in [-0.2, 0) is 0 Å². The Labute approximate surface area is 115 Å². The lowest BCUT2D eigenvalue weighted by atomic mass is 10.1. The van der Waals surface area contributed by atoms with E-state index in [2.05, 4.69) is 40.2 Å². The maximum absolute atomic E-state index is 10.4. The third-order valence-electron chi connectivity index (χ3n) is 3.44. The smallest absolute Gasteiger partial charge is 0.105 e. The molecule has 0 saturated heterocycles. The van der Waals surface area contributed by atoms with Crippen molar-refractivity contribution in [3.05, 3.63) is 52.0 Å². The van der Waals surface area contributed by atoms with Crippen LogP contribution in [0.1, 0.15) is 17.2 Å². The molecule has 1 aliphatic rings. The highest BCUT2D eigenvalue weighted by atomic mass is 79.9. The Morgan fingerprint density at radius 2 is 1.61 bits per heavy atom. The number of aliphatic hydroxyl groups excluding tert-OH is 1. The molecule has 3 rings (SSSR count). The Morgan fingerprint density at radius 1 is 1.00 bits per heavy atom. The molecule has 0 spiro atoms. The quantitative estimate of drug-likeness (QED) is 0.870. The second-order valence-electron chi connectivity index (χ2n) is 4.80. The molecule has 92 valence electrons. The van der Waals surface area contributed by atoms with Gasteiger partial charge in [-0.2, -0.15) is 0 Å². The summed E-state index contributed by atoms with van der Waals surface area (Å²) in [7, 11) is 4.01. The van der Waals surface area contributed by atoms with Crippen LogP contribution in [0.15, 0.2) is 40.9 Å². The lowest BCUT2D eigenvalue weighted by Crippen LogP contribution is -2.09. The van der Waals surface area contributed by atoms with Gasteiger partial charge in [-0.25, -0.2) is 0 Å². The fraction of sp³-hybridized carbons (Fsp3) is 0.200. The van der Waals surface area contributed by atoms with Crippen LogP contribution in [0.2, 0.25) is 0 Å². The summed E-state index contributed by atoms with van der Waals surface area (Å²) >= 11 is 3.46. The van der Waals surface area contributed by atoms with Gasteiger partial charge in [0.1, 0.15) is 6.10 Å². The van der Waals surface area contributed by atoms with Crippen LogP contribution in [0, 0.1) is 0 Å². The molecule has 1 atom stereocenters. The first-order chi connectivity index (χ1) is 8.58. The van der Waals surface area contributed by atoms with Gasteiger partial charge in [-0.15, -0.1) is 0 Å². The number of rotatable bonds is 1. The van der Waals surface area contributed by atoms with Gasteiger partial charge < -0.3 is 10.0 Å². The van der Waals surface area contributed by atoms with Crippen LogP contribution in [0.4, 0.5) is 5.69 Å². The largest absolute Gasteiger partial charge is 0.384 e. The number of aliphatic hydroxyl groups is 1. The Bertz CT molecular complexity index is 622. The number of fused-ring (bicyclic) bond motifs is 3. The Hall–Kier alpha value is -1.32. The minimum Gasteiger partial charge on any atom is -0.384 e. The van der Waals surface area contributed by atoms with Crippen molar-refractivity contribution in [3.8, 4) is 11.1 Å². The normalized spacial score (nSPS) is 16.3. The van der Waals surface area contributed by atoms with Gasteiger partial charge in [0.15, 0.2) is 0 Å². The summed E-state index contributed by atoms with van der Waals surface area (Å²) < 4.78 is 1.00. The lowest BCUT2D eigenvalue weighted by Gasteiger charge is -2.14. The molecular weight excluding hydrogens is 290 g/mol. The first kappa shape index (κ1) is 11.8. The molecular formula is C15H14BrNO. The third kappa shape index (κ3) is 1.66. The summed E-state index contributed by atoms with van der Waals surface area (Å²) in [6.45, 7) is 0. The highest BCUT2D eigenvalue weighted by Crippen LogP contribution is 2.45. The molecule has 1 N–H and O–H groups in total. The molecule has 1 aliphatic carbocycles. The maximum Gasteiger partial charge on any atom is 0.105 e. The van der Waals surface area contributed by atoms with E-state index in [1.54, 1.807) is 0 Å². The zero-order valence-corrected chi connectivity index (χ0v) is 11.9. The molecule has 0 aliphatic heterocycles. The fourth-order valence-electron chi connectivity index (χ4n) is 2.47. The van der Waals surface area contributed by atoms with E-state index in [4.69, 9.17) is 0 Å². The van der Waals surface area contributed by atoms with E-state index in [9.17, 15) is 5.11 Å². The number of benzene rings is 2. The summed E-state index contributed by atoms with van der Waals surface area (Å²) in [5.74, 6) is 0. The minimum atomic E-state index is -0.521. The van der Waals surface area contributed by atoms with E-state index in [1.807, 2.05) is 31.1 Å². The zero-order chi connectivity index (χ0) is 12.9. The monoisotopic (exact) mass is 303 g/mol. The van der Waals surface area contributed by atoms with Crippen molar-refractivity contribution in [1.29, 1.82) is 0 Å². The van der Waals surface area contributed by atoms with E-state index in [0.717, 1.165) is 32.4 Å². The molecule has 0 amide bonds. The Kier molecular flexibility index (Phi) is 2.68. The molecule has 1 unspecified atom stereocenters. The van der Waals surface area contributed by atoms with Crippen molar-refractivity contribution in [2.45, 2.75) is 6.10 Å². The predicted molar refractivity (Wildman–Crippen MR) is 78.0 cm³/mol. The summed E-state index contributed by atoms with van der Waals surface area (Å²) in [5, 5.41) is 10.4. The molecule has 0 heterocycles. The number of nitrogens with zero attached hydrogens (tertiary/aromatic N) is 1. The SMILES string of the molecule is CN(C)c1ccc2c(c1)C(O)c1cc(Br)ccc1-2. The minimum absolute atomic E-state index is 0.521. The van der Waals surface area contributed by atoms with Crippen LogP contribution in [0.5, 0.6) is 0 Å². The summed E-state index contributed by atoms with van der Waals surface area (Å²) in [6.07, 6.45) is -0.521. The molecule has 2 nitrogen and oxygen atoms in total. The average molecular weight is 304 g/mol. The van der Waals surface area contributed by atoms with E-state index >= 15 is 0 Å². The molecule has 0 radical (unpaired) electrons. The van der Waals surface area contributed by atoms with Gasteiger partial charge in [-0.1, -0.05) is 28.1 Å². The van der Waals surface area contributed by atoms with Gasteiger partial charge in [-0.3, -0.25) is 0 Å². The topological polar surface area (TPSA) is 23.5 Å². The van der Waals surface area contributed by atoms with Gasteiger partial charge in [-0.05, 0) is 46.5 Å². The average Bonchev–Trinajstić information content (AvgIpc) is 2.62. The number of anilines is 1. The van der Waals surface area contributed by atoms with Crippen molar-refractivity contribution in [2.75, 3.05) is 19.0 Å². The van der Waals surface area contributed by atoms with E-state index in [1.165, 1.54) is 0 Å². The van der Waals surface area contributed by atoms with Crippen molar-refractivity contribution in [3.63, 3.8) is 0 Å². The fourth-order valence-corrected chi connectivity index (χ4v) is 2.85. The first-order valence-corrected chi connectivity index (χ1v) is 6.66. The van der Waals surface area contributed by atoms with Crippen LogP contribution < -0.4 is 4.90 Å². The van der Waals surface area contributed by atoms with Crippen molar-refractivity contribution in [1.82, 2.24) is 0 Å². The molecule has 2 aromatic carbocycles. The van der Waals surface area contributed by atoms with Gasteiger partial charge in [0.25, 0.3) is 0 Å². The van der Waals surface area contributed by atoms with Crippen molar-refractivity contribution in [2.24, 2.45) is 0 Å². The van der Waals surface area contributed by atoms with Gasteiger partial charge >= 0.3 is 0 Å². The van der Waals surface area contributed by atoms with Crippen LogP contribution in [-0.4, -0.2) is 19.2 Å². The Morgan fingerprint density at radius 3 is 2.28 bits per heavy atom. The molecule has 3 heteroatoms. The molecule has 0 aromatic heterocycles. The molecule has 2 aromatic rings. The van der Waals surface area contributed by atoms with E-state index in [-0.39, 0.29) is 0 Å². The maximum atomic E-state index is 10.4. The molecule has 0 saturated carbocycles. The first-order valence-electron chi connectivity index (χ1n) is 5.87. The number of halogens is 1. The third-order valence-corrected chi connectivity index (χ3v) is 3.94. The highest BCUT2D eigenvalue weighted by Gasteiger charge is 2.27. The van der Waals surface area contributed by atoms with Crippen LogP contribution >= 0.6 is 15.9 Å². The van der Waals surface area contributed by atoms with E-state index < -0.39 is 6.10 Å².